The minimum absolute atomic E-state index is 0.216. The van der Waals surface area contributed by atoms with Crippen molar-refractivity contribution in [3.8, 4) is 23.1 Å². The monoisotopic (exact) mass is 295 g/mol. The van der Waals surface area contributed by atoms with Gasteiger partial charge in [-0.25, -0.2) is 4.39 Å². The number of H-pyrrole nitrogens is 1. The first kappa shape index (κ1) is 13.3. The summed E-state index contributed by atoms with van der Waals surface area (Å²) in [6.07, 6.45) is 0. The maximum atomic E-state index is 13.7. The molecule has 0 unspecified atom stereocenters. The van der Waals surface area contributed by atoms with Gasteiger partial charge in [0.1, 0.15) is 5.82 Å². The number of rotatable bonds is 2. The number of aromatic amines is 1. The molecule has 102 valence electrons. The average molecular weight is 295 g/mol. The van der Waals surface area contributed by atoms with Crippen molar-refractivity contribution in [1.82, 2.24) is 4.98 Å². The van der Waals surface area contributed by atoms with E-state index in [9.17, 15) is 9.18 Å². The maximum Gasteiger partial charge on any atom is 0.246 e. The van der Waals surface area contributed by atoms with Crippen LogP contribution in [0.4, 0.5) is 4.39 Å². The highest BCUT2D eigenvalue weighted by molar-refractivity contribution is 7.12. The van der Waals surface area contributed by atoms with E-state index < -0.39 is 0 Å². The lowest BCUT2D eigenvalue weighted by Crippen LogP contribution is -1.90. The Morgan fingerprint density at radius 3 is 2.71 bits per heavy atom. The van der Waals surface area contributed by atoms with E-state index in [2.05, 4.69) is 16.8 Å². The molecule has 0 aliphatic carbocycles. The van der Waals surface area contributed by atoms with Gasteiger partial charge < -0.3 is 4.98 Å². The molecule has 0 atom stereocenters. The van der Waals surface area contributed by atoms with Crippen LogP contribution in [0.1, 0.15) is 15.4 Å². The Labute approximate surface area is 125 Å². The number of aromatic nitrogens is 1. The first-order valence-electron chi connectivity index (χ1n) is 6.28. The maximum absolute atomic E-state index is 13.7. The molecule has 0 aliphatic rings. The van der Waals surface area contributed by atoms with E-state index in [1.807, 2.05) is 11.4 Å². The Morgan fingerprint density at radius 2 is 1.95 bits per heavy atom. The zero-order chi connectivity index (χ0) is 14.7. The molecule has 0 radical (unpaired) electrons. The van der Waals surface area contributed by atoms with Gasteiger partial charge in [-0.15, -0.1) is 11.3 Å². The lowest BCUT2D eigenvalue weighted by molar-refractivity contribution is 0.106. The second-order valence-corrected chi connectivity index (χ2v) is 5.27. The summed E-state index contributed by atoms with van der Waals surface area (Å²) >= 11 is 1.36. The fourth-order valence-corrected chi connectivity index (χ4v) is 2.52. The second-order valence-electron chi connectivity index (χ2n) is 4.32. The molecule has 0 spiro atoms. The zero-order valence-corrected chi connectivity index (χ0v) is 11.7. The van der Waals surface area contributed by atoms with Crippen LogP contribution in [-0.2, 0) is 0 Å². The topological polar surface area (TPSA) is 32.9 Å². The van der Waals surface area contributed by atoms with E-state index in [1.54, 1.807) is 36.4 Å². The molecule has 2 nitrogen and oxygen atoms in total. The fourth-order valence-electron chi connectivity index (χ4n) is 1.90. The summed E-state index contributed by atoms with van der Waals surface area (Å²) in [6.45, 7) is 0. The van der Waals surface area contributed by atoms with Crippen LogP contribution in [0.2, 0.25) is 0 Å². The molecule has 21 heavy (non-hydrogen) atoms. The van der Waals surface area contributed by atoms with Crippen LogP contribution < -0.4 is 0 Å². The molecule has 1 aromatic carbocycles. The molecule has 3 rings (SSSR count). The number of hydrogen-bond acceptors (Lipinski definition) is 2. The standard InChI is InChI=1S/C17H10FNOS/c18-14-5-2-1-4-13(14)15-9-7-12(19-15)8-10-16(20)17-6-3-11-21-17/h1-7,9,11,19H. The molecule has 0 fully saturated rings. The van der Waals surface area contributed by atoms with Gasteiger partial charge in [0, 0.05) is 11.3 Å². The summed E-state index contributed by atoms with van der Waals surface area (Å²) < 4.78 is 13.7. The Morgan fingerprint density at radius 1 is 1.10 bits per heavy atom. The van der Waals surface area contributed by atoms with Crippen LogP contribution in [0.15, 0.2) is 53.9 Å². The number of hydrogen-bond donors (Lipinski definition) is 1. The van der Waals surface area contributed by atoms with Gasteiger partial charge in [0.25, 0.3) is 0 Å². The SMILES string of the molecule is O=C(C#Cc1ccc(-c2ccccc2F)[nH]1)c1cccs1. The van der Waals surface area contributed by atoms with E-state index in [1.165, 1.54) is 17.4 Å². The van der Waals surface area contributed by atoms with E-state index in [0.29, 0.717) is 21.8 Å². The van der Waals surface area contributed by atoms with Crippen LogP contribution in [-0.4, -0.2) is 10.8 Å². The summed E-state index contributed by atoms with van der Waals surface area (Å²) in [5, 5.41) is 1.83. The van der Waals surface area contributed by atoms with E-state index in [0.717, 1.165) is 0 Å². The number of benzene rings is 1. The summed E-state index contributed by atoms with van der Waals surface area (Å²) in [7, 11) is 0. The highest BCUT2D eigenvalue weighted by atomic mass is 32.1. The number of thiophene rings is 1. The van der Waals surface area contributed by atoms with Gasteiger partial charge in [-0.3, -0.25) is 4.79 Å². The molecule has 0 aliphatic heterocycles. The second kappa shape index (κ2) is 5.78. The molecule has 0 amide bonds. The Hall–Kier alpha value is -2.64. The van der Waals surface area contributed by atoms with Crippen molar-refractivity contribution in [2.24, 2.45) is 0 Å². The average Bonchev–Trinajstić information content (AvgIpc) is 3.17. The van der Waals surface area contributed by atoms with E-state index in [4.69, 9.17) is 0 Å². The van der Waals surface area contributed by atoms with Gasteiger partial charge in [0.2, 0.25) is 5.78 Å². The van der Waals surface area contributed by atoms with Crippen molar-refractivity contribution >= 4 is 17.1 Å². The van der Waals surface area contributed by atoms with Gasteiger partial charge in [-0.2, -0.15) is 0 Å². The third kappa shape index (κ3) is 2.93. The van der Waals surface area contributed by atoms with Crippen LogP contribution >= 0.6 is 11.3 Å². The number of nitrogens with one attached hydrogen (secondary N) is 1. The predicted octanol–water partition coefficient (Wildman–Crippen LogP) is 4.12. The van der Waals surface area contributed by atoms with Crippen molar-refractivity contribution in [2.45, 2.75) is 0 Å². The quantitative estimate of drug-likeness (QED) is 0.560. The molecule has 3 aromatic rings. The first-order valence-corrected chi connectivity index (χ1v) is 7.16. The lowest BCUT2D eigenvalue weighted by Gasteiger charge is -1.98. The van der Waals surface area contributed by atoms with Crippen molar-refractivity contribution in [3.05, 3.63) is 70.3 Å². The molecule has 0 bridgehead atoms. The van der Waals surface area contributed by atoms with Crippen LogP contribution in [0.25, 0.3) is 11.3 Å². The van der Waals surface area contributed by atoms with E-state index >= 15 is 0 Å². The summed E-state index contributed by atoms with van der Waals surface area (Å²) in [5.41, 5.74) is 1.70. The minimum atomic E-state index is -0.298. The third-order valence-corrected chi connectivity index (χ3v) is 3.77. The van der Waals surface area contributed by atoms with Gasteiger partial charge in [0.05, 0.1) is 10.6 Å². The summed E-state index contributed by atoms with van der Waals surface area (Å²) in [5.74, 6) is 4.84. The highest BCUT2D eigenvalue weighted by Gasteiger charge is 2.06. The smallest absolute Gasteiger partial charge is 0.246 e. The van der Waals surface area contributed by atoms with Crippen LogP contribution in [0.5, 0.6) is 0 Å². The number of carbonyl (C=O) groups is 1. The van der Waals surface area contributed by atoms with Gasteiger partial charge in [0.15, 0.2) is 0 Å². The van der Waals surface area contributed by atoms with Crippen LogP contribution in [0, 0.1) is 17.7 Å². The fraction of sp³-hybridized carbons (Fsp3) is 0. The highest BCUT2D eigenvalue weighted by Crippen LogP contribution is 2.21. The molecular weight excluding hydrogens is 285 g/mol. The van der Waals surface area contributed by atoms with Crippen molar-refractivity contribution in [3.63, 3.8) is 0 Å². The van der Waals surface area contributed by atoms with Crippen LogP contribution in [0.3, 0.4) is 0 Å². The molecule has 2 aromatic heterocycles. The zero-order valence-electron chi connectivity index (χ0n) is 10.9. The first-order chi connectivity index (χ1) is 10.2. The van der Waals surface area contributed by atoms with Gasteiger partial charge >= 0.3 is 0 Å². The molecule has 1 N–H and O–H groups in total. The predicted molar refractivity (Wildman–Crippen MR) is 81.7 cm³/mol. The lowest BCUT2D eigenvalue weighted by atomic mass is 10.1. The Balaban J connectivity index is 1.84. The van der Waals surface area contributed by atoms with Gasteiger partial charge in [-0.05, 0) is 47.6 Å². The normalized spacial score (nSPS) is 9.95. The number of Topliss-reactive ketones (excluding diaryl/α,β-unsaturated/α-hetero) is 1. The Bertz CT molecular complexity index is 837. The number of halogens is 1. The summed E-state index contributed by atoms with van der Waals surface area (Å²) in [4.78, 5) is 15.4. The largest absolute Gasteiger partial charge is 0.348 e. The van der Waals surface area contributed by atoms with Crippen molar-refractivity contribution in [1.29, 1.82) is 0 Å². The number of carbonyl (C=O) groups excluding carboxylic acids is 1. The van der Waals surface area contributed by atoms with E-state index in [-0.39, 0.29) is 11.6 Å². The number of ketones is 1. The Kier molecular flexibility index (Phi) is 3.67. The van der Waals surface area contributed by atoms with Crippen molar-refractivity contribution < 1.29 is 9.18 Å². The summed E-state index contributed by atoms with van der Waals surface area (Å²) in [6, 6.07) is 13.5. The molecule has 4 heteroatoms. The minimum Gasteiger partial charge on any atom is -0.348 e. The molecule has 0 saturated carbocycles. The molecular formula is C17H10FNOS. The van der Waals surface area contributed by atoms with Gasteiger partial charge in [-0.1, -0.05) is 18.2 Å². The molecule has 0 saturated heterocycles. The molecule has 2 heterocycles. The van der Waals surface area contributed by atoms with Crippen molar-refractivity contribution in [2.75, 3.05) is 0 Å². The third-order valence-electron chi connectivity index (χ3n) is 2.91.